The van der Waals surface area contributed by atoms with Gasteiger partial charge in [-0.25, -0.2) is 0 Å². The minimum Gasteiger partial charge on any atom is -0.379 e. The van der Waals surface area contributed by atoms with Gasteiger partial charge in [0, 0.05) is 13.1 Å². The first-order valence-corrected chi connectivity index (χ1v) is 11.5. The highest BCUT2D eigenvalue weighted by Gasteiger charge is 2.23. The molecular weight excluding hydrogens is 422 g/mol. The number of benzene rings is 1. The number of nitrogens with zero attached hydrogens (tertiary/aromatic N) is 1. The molecule has 1 fully saturated rings. The minimum absolute atomic E-state index is 0.0627. The van der Waals surface area contributed by atoms with Gasteiger partial charge < -0.3 is 25.2 Å². The van der Waals surface area contributed by atoms with Crippen LogP contribution in [0.2, 0.25) is 0 Å². The summed E-state index contributed by atoms with van der Waals surface area (Å²) in [6.07, 6.45) is 5.64. The van der Waals surface area contributed by atoms with Gasteiger partial charge in [0.25, 0.3) is 0 Å². The van der Waals surface area contributed by atoms with Crippen molar-refractivity contribution in [3.63, 3.8) is 0 Å². The van der Waals surface area contributed by atoms with Crippen LogP contribution in [0, 0.1) is 0 Å². The Morgan fingerprint density at radius 2 is 1.94 bits per heavy atom. The summed E-state index contributed by atoms with van der Waals surface area (Å²) in [7, 11) is 0. The number of hydrogen-bond acceptors (Lipinski definition) is 6. The summed E-state index contributed by atoms with van der Waals surface area (Å²) in [6, 6.07) is 9.11. The Kier molecular flexibility index (Phi) is 12.4. The SMILES string of the molecule is C/C=C\C(=C/C)COC(O)CNC(=O)C(CCc1ccccc1)NC(=O)CN1CCOCC1. The molecule has 1 saturated heterocycles. The minimum atomic E-state index is -1.15. The van der Waals surface area contributed by atoms with Gasteiger partial charge in [-0.3, -0.25) is 14.5 Å². The molecule has 8 nitrogen and oxygen atoms in total. The van der Waals surface area contributed by atoms with Crippen LogP contribution in [0.1, 0.15) is 25.8 Å². The van der Waals surface area contributed by atoms with E-state index in [1.807, 2.05) is 67.3 Å². The number of carbonyl (C=O) groups is 2. The van der Waals surface area contributed by atoms with Gasteiger partial charge in [0.15, 0.2) is 6.29 Å². The lowest BCUT2D eigenvalue weighted by molar-refractivity contribution is -0.132. The van der Waals surface area contributed by atoms with Crippen molar-refractivity contribution in [2.45, 2.75) is 39.0 Å². The summed E-state index contributed by atoms with van der Waals surface area (Å²) in [4.78, 5) is 27.4. The number of nitrogens with one attached hydrogen (secondary N) is 2. The van der Waals surface area contributed by atoms with E-state index in [-0.39, 0.29) is 31.5 Å². The normalized spacial score (nSPS) is 17.0. The van der Waals surface area contributed by atoms with Crippen LogP contribution in [-0.4, -0.2) is 80.2 Å². The molecule has 2 rings (SSSR count). The lowest BCUT2D eigenvalue weighted by atomic mass is 10.0. The van der Waals surface area contributed by atoms with Gasteiger partial charge in [-0.15, -0.1) is 0 Å². The van der Waals surface area contributed by atoms with Crippen LogP contribution in [0.5, 0.6) is 0 Å². The molecule has 3 N–H and O–H groups in total. The topological polar surface area (TPSA) is 100 Å². The Balaban J connectivity index is 1.88. The predicted octanol–water partition coefficient (Wildman–Crippen LogP) is 1.41. The maximum Gasteiger partial charge on any atom is 0.242 e. The lowest BCUT2D eigenvalue weighted by Crippen LogP contribution is -2.51. The van der Waals surface area contributed by atoms with Crippen LogP contribution < -0.4 is 10.6 Å². The van der Waals surface area contributed by atoms with Crippen molar-refractivity contribution < 1.29 is 24.2 Å². The average molecular weight is 460 g/mol. The largest absolute Gasteiger partial charge is 0.379 e. The summed E-state index contributed by atoms with van der Waals surface area (Å²) in [5.74, 6) is -0.547. The Hall–Kier alpha value is -2.52. The number of carbonyl (C=O) groups excluding carboxylic acids is 2. The Morgan fingerprint density at radius 1 is 1.21 bits per heavy atom. The first kappa shape index (κ1) is 26.7. The highest BCUT2D eigenvalue weighted by atomic mass is 16.6. The molecule has 0 saturated carbocycles. The number of rotatable bonds is 13. The van der Waals surface area contributed by atoms with Crippen LogP contribution in [0.25, 0.3) is 0 Å². The van der Waals surface area contributed by atoms with Crippen molar-refractivity contribution in [3.8, 4) is 0 Å². The number of aliphatic hydroxyl groups excluding tert-OH is 1. The third-order valence-electron chi connectivity index (χ3n) is 5.33. The molecule has 1 aromatic carbocycles. The average Bonchev–Trinajstić information content (AvgIpc) is 2.84. The molecule has 0 bridgehead atoms. The van der Waals surface area contributed by atoms with E-state index in [4.69, 9.17) is 9.47 Å². The fourth-order valence-electron chi connectivity index (χ4n) is 3.43. The fraction of sp³-hybridized carbons (Fsp3) is 0.520. The summed E-state index contributed by atoms with van der Waals surface area (Å²) in [5.41, 5.74) is 2.02. The summed E-state index contributed by atoms with van der Waals surface area (Å²) >= 11 is 0. The van der Waals surface area contributed by atoms with Crippen LogP contribution in [0.4, 0.5) is 0 Å². The number of aryl methyl sites for hydroxylation is 1. The summed E-state index contributed by atoms with van der Waals surface area (Å²) < 4.78 is 10.7. The molecule has 8 heteroatoms. The van der Waals surface area contributed by atoms with E-state index in [0.717, 1.165) is 11.1 Å². The van der Waals surface area contributed by atoms with Crippen molar-refractivity contribution in [3.05, 3.63) is 59.7 Å². The van der Waals surface area contributed by atoms with E-state index < -0.39 is 12.3 Å². The molecule has 33 heavy (non-hydrogen) atoms. The lowest BCUT2D eigenvalue weighted by Gasteiger charge is -2.27. The molecule has 1 aliphatic heterocycles. The van der Waals surface area contributed by atoms with Crippen LogP contribution in [-0.2, 0) is 25.5 Å². The van der Waals surface area contributed by atoms with E-state index in [1.54, 1.807) is 0 Å². The van der Waals surface area contributed by atoms with Gasteiger partial charge in [-0.05, 0) is 37.8 Å². The van der Waals surface area contributed by atoms with Crippen molar-refractivity contribution in [2.24, 2.45) is 0 Å². The van der Waals surface area contributed by atoms with Crippen molar-refractivity contribution >= 4 is 11.8 Å². The molecule has 1 aromatic rings. The van der Waals surface area contributed by atoms with E-state index in [1.165, 1.54) is 0 Å². The molecule has 0 aromatic heterocycles. The standard InChI is InChI=1S/C25H37N3O5/c1-3-8-20(4-2)19-33-24(30)17-26-25(31)22(12-11-21-9-6-5-7-10-21)27-23(29)18-28-13-15-32-16-14-28/h3-10,22,24,30H,11-19H2,1-2H3,(H,26,31)(H,27,29)/b8-3-,20-4+. The van der Waals surface area contributed by atoms with Crippen molar-refractivity contribution in [2.75, 3.05) is 46.0 Å². The first-order valence-electron chi connectivity index (χ1n) is 11.5. The van der Waals surface area contributed by atoms with E-state index in [9.17, 15) is 14.7 Å². The van der Waals surface area contributed by atoms with Crippen LogP contribution in [0.3, 0.4) is 0 Å². The molecule has 1 heterocycles. The van der Waals surface area contributed by atoms with Gasteiger partial charge in [-0.1, -0.05) is 48.6 Å². The monoisotopic (exact) mass is 459 g/mol. The van der Waals surface area contributed by atoms with Crippen LogP contribution >= 0.6 is 0 Å². The zero-order valence-corrected chi connectivity index (χ0v) is 19.7. The van der Waals surface area contributed by atoms with Gasteiger partial charge in [0.05, 0.1) is 32.9 Å². The second-order valence-electron chi connectivity index (χ2n) is 7.91. The fourth-order valence-corrected chi connectivity index (χ4v) is 3.43. The van der Waals surface area contributed by atoms with Gasteiger partial charge >= 0.3 is 0 Å². The predicted molar refractivity (Wildman–Crippen MR) is 127 cm³/mol. The molecule has 0 spiro atoms. The zero-order valence-electron chi connectivity index (χ0n) is 19.7. The van der Waals surface area contributed by atoms with E-state index in [0.29, 0.717) is 39.1 Å². The number of hydrogen-bond donors (Lipinski definition) is 3. The number of allylic oxidation sites excluding steroid dienone is 2. The number of aliphatic hydroxyl groups is 1. The van der Waals surface area contributed by atoms with Crippen molar-refractivity contribution in [1.82, 2.24) is 15.5 Å². The highest BCUT2D eigenvalue weighted by Crippen LogP contribution is 2.06. The quantitative estimate of drug-likeness (QED) is 0.305. The maximum absolute atomic E-state index is 12.8. The summed E-state index contributed by atoms with van der Waals surface area (Å²) in [5, 5.41) is 15.7. The molecule has 182 valence electrons. The second-order valence-corrected chi connectivity index (χ2v) is 7.91. The molecule has 0 aliphatic carbocycles. The number of ether oxygens (including phenoxy) is 2. The third kappa shape index (κ3) is 10.8. The molecular formula is C25H37N3O5. The van der Waals surface area contributed by atoms with Gasteiger partial charge in [-0.2, -0.15) is 0 Å². The zero-order chi connectivity index (χ0) is 23.9. The Bertz CT molecular complexity index is 776. The molecule has 2 atom stereocenters. The molecule has 1 aliphatic rings. The van der Waals surface area contributed by atoms with Crippen LogP contribution in [0.15, 0.2) is 54.1 Å². The summed E-state index contributed by atoms with van der Waals surface area (Å²) in [6.45, 7) is 6.79. The van der Waals surface area contributed by atoms with E-state index >= 15 is 0 Å². The van der Waals surface area contributed by atoms with Crippen molar-refractivity contribution in [1.29, 1.82) is 0 Å². The Labute approximate surface area is 196 Å². The smallest absolute Gasteiger partial charge is 0.242 e. The molecule has 2 amide bonds. The first-order chi connectivity index (χ1) is 16.0. The Morgan fingerprint density at radius 3 is 2.61 bits per heavy atom. The van der Waals surface area contributed by atoms with E-state index in [2.05, 4.69) is 10.6 Å². The number of amides is 2. The highest BCUT2D eigenvalue weighted by molar-refractivity contribution is 5.88. The maximum atomic E-state index is 12.8. The second kappa shape index (κ2) is 15.3. The van der Waals surface area contributed by atoms with Gasteiger partial charge in [0.1, 0.15) is 6.04 Å². The molecule has 0 radical (unpaired) electrons. The van der Waals surface area contributed by atoms with Gasteiger partial charge in [0.2, 0.25) is 11.8 Å². The molecule has 2 unspecified atom stereocenters. The number of morpholine rings is 1. The third-order valence-corrected chi connectivity index (χ3v) is 5.33.